The van der Waals surface area contributed by atoms with Crippen molar-refractivity contribution >= 4 is 5.97 Å². The van der Waals surface area contributed by atoms with Gasteiger partial charge in [-0.05, 0) is 24.1 Å². The van der Waals surface area contributed by atoms with Gasteiger partial charge in [-0.1, -0.05) is 0 Å². The van der Waals surface area contributed by atoms with Gasteiger partial charge in [0.05, 0.1) is 6.61 Å². The normalized spacial score (nSPS) is 14.1. The first-order chi connectivity index (χ1) is 7.68. The smallest absolute Gasteiger partial charge is 0.303 e. The predicted molar refractivity (Wildman–Crippen MR) is 52.6 cm³/mol. The molecule has 0 aromatic heterocycles. The molecule has 1 aliphatic heterocycles. The highest BCUT2D eigenvalue weighted by Gasteiger charge is 2.18. The third kappa shape index (κ3) is 2.14. The van der Waals surface area contributed by atoms with E-state index in [1.54, 1.807) is 0 Å². The maximum atomic E-state index is 13.5. The molecule has 86 valence electrons. The zero-order valence-corrected chi connectivity index (χ0v) is 8.53. The van der Waals surface area contributed by atoms with Crippen molar-refractivity contribution in [2.75, 3.05) is 6.79 Å². The largest absolute Gasteiger partial charge is 0.481 e. The van der Waals surface area contributed by atoms with Gasteiger partial charge in [0.15, 0.2) is 6.79 Å². The predicted octanol–water partition coefficient (Wildman–Crippen LogP) is 1.71. The van der Waals surface area contributed by atoms with Crippen LogP contribution in [-0.4, -0.2) is 17.9 Å². The summed E-state index contributed by atoms with van der Waals surface area (Å²) in [6, 6.07) is 2.83. The molecule has 0 bridgehead atoms. The fourth-order valence-electron chi connectivity index (χ4n) is 1.69. The molecule has 2 rings (SSSR count). The zero-order chi connectivity index (χ0) is 11.5. The Balaban J connectivity index is 2.30. The third-order valence-corrected chi connectivity index (χ3v) is 2.46. The van der Waals surface area contributed by atoms with Crippen LogP contribution in [0, 0.1) is 5.82 Å². The molecule has 0 spiro atoms. The Kier molecular flexibility index (Phi) is 3.05. The van der Waals surface area contributed by atoms with Crippen LogP contribution in [0.2, 0.25) is 0 Å². The molecule has 0 saturated carbocycles. The molecular formula is C11H11FO4. The highest BCUT2D eigenvalue weighted by molar-refractivity contribution is 5.67. The molecule has 1 aliphatic rings. The lowest BCUT2D eigenvalue weighted by molar-refractivity contribution is -0.136. The highest BCUT2D eigenvalue weighted by atomic mass is 19.1. The van der Waals surface area contributed by atoms with Crippen LogP contribution in [0.15, 0.2) is 12.1 Å². The first-order valence-corrected chi connectivity index (χ1v) is 4.91. The van der Waals surface area contributed by atoms with E-state index in [0.29, 0.717) is 16.9 Å². The fourth-order valence-corrected chi connectivity index (χ4v) is 1.69. The SMILES string of the molecule is O=C(O)CCc1c(F)ccc2c1COCO2. The van der Waals surface area contributed by atoms with E-state index in [4.69, 9.17) is 14.6 Å². The van der Waals surface area contributed by atoms with E-state index < -0.39 is 11.8 Å². The highest BCUT2D eigenvalue weighted by Crippen LogP contribution is 2.29. The van der Waals surface area contributed by atoms with Gasteiger partial charge in [-0.2, -0.15) is 0 Å². The van der Waals surface area contributed by atoms with Crippen LogP contribution in [0.25, 0.3) is 0 Å². The van der Waals surface area contributed by atoms with Gasteiger partial charge in [-0.15, -0.1) is 0 Å². The number of ether oxygens (including phenoxy) is 2. The molecule has 1 heterocycles. The lowest BCUT2D eigenvalue weighted by atomic mass is 10.0. The van der Waals surface area contributed by atoms with Crippen LogP contribution < -0.4 is 4.74 Å². The van der Waals surface area contributed by atoms with Gasteiger partial charge in [0.2, 0.25) is 0 Å². The van der Waals surface area contributed by atoms with Crippen molar-refractivity contribution in [2.45, 2.75) is 19.4 Å². The second-order valence-electron chi connectivity index (χ2n) is 3.51. The number of hydrogen-bond donors (Lipinski definition) is 1. The van der Waals surface area contributed by atoms with E-state index in [1.807, 2.05) is 0 Å². The number of benzene rings is 1. The fraction of sp³-hybridized carbons (Fsp3) is 0.364. The summed E-state index contributed by atoms with van der Waals surface area (Å²) in [5, 5.41) is 8.58. The summed E-state index contributed by atoms with van der Waals surface area (Å²) in [6.45, 7) is 0.416. The number of aliphatic carboxylic acids is 1. The van der Waals surface area contributed by atoms with E-state index in [0.717, 1.165) is 0 Å². The van der Waals surface area contributed by atoms with Crippen LogP contribution in [-0.2, 0) is 22.6 Å². The molecule has 1 aromatic rings. The summed E-state index contributed by atoms with van der Waals surface area (Å²) < 4.78 is 23.8. The van der Waals surface area contributed by atoms with Crippen LogP contribution in [0.4, 0.5) is 4.39 Å². The molecule has 1 aromatic carbocycles. The lowest BCUT2D eigenvalue weighted by Crippen LogP contribution is -2.14. The molecule has 0 radical (unpaired) electrons. The van der Waals surface area contributed by atoms with Gasteiger partial charge >= 0.3 is 5.97 Å². The summed E-state index contributed by atoms with van der Waals surface area (Å²) in [6.07, 6.45) is 0.0461. The average molecular weight is 226 g/mol. The second kappa shape index (κ2) is 4.49. The number of rotatable bonds is 3. The van der Waals surface area contributed by atoms with E-state index >= 15 is 0 Å². The van der Waals surface area contributed by atoms with Crippen molar-refractivity contribution in [3.8, 4) is 5.75 Å². The van der Waals surface area contributed by atoms with Crippen LogP contribution >= 0.6 is 0 Å². The number of fused-ring (bicyclic) bond motifs is 1. The van der Waals surface area contributed by atoms with Crippen molar-refractivity contribution < 1.29 is 23.8 Å². The third-order valence-electron chi connectivity index (χ3n) is 2.46. The zero-order valence-electron chi connectivity index (χ0n) is 8.53. The minimum Gasteiger partial charge on any atom is -0.481 e. The molecule has 0 atom stereocenters. The van der Waals surface area contributed by atoms with Crippen molar-refractivity contribution in [3.63, 3.8) is 0 Å². The summed E-state index contributed by atoms with van der Waals surface area (Å²) in [7, 11) is 0. The Labute approximate surface area is 91.6 Å². The van der Waals surface area contributed by atoms with Crippen LogP contribution in [0.5, 0.6) is 5.75 Å². The Morgan fingerprint density at radius 2 is 2.31 bits per heavy atom. The summed E-state index contributed by atoms with van der Waals surface area (Å²) in [5.41, 5.74) is 0.993. The summed E-state index contributed by atoms with van der Waals surface area (Å²) >= 11 is 0. The maximum absolute atomic E-state index is 13.5. The van der Waals surface area contributed by atoms with E-state index in [-0.39, 0.29) is 26.2 Å². The molecule has 1 N–H and O–H groups in total. The summed E-state index contributed by atoms with van der Waals surface area (Å²) in [5.74, 6) is -0.781. The van der Waals surface area contributed by atoms with Gasteiger partial charge in [0.1, 0.15) is 11.6 Å². The molecule has 4 nitrogen and oxygen atoms in total. The Morgan fingerprint density at radius 1 is 1.50 bits per heavy atom. The molecule has 0 aliphatic carbocycles. The minimum atomic E-state index is -0.949. The van der Waals surface area contributed by atoms with Crippen molar-refractivity contribution in [2.24, 2.45) is 0 Å². The van der Waals surface area contributed by atoms with Crippen molar-refractivity contribution in [1.29, 1.82) is 0 Å². The van der Waals surface area contributed by atoms with Crippen LogP contribution in [0.1, 0.15) is 17.5 Å². The topological polar surface area (TPSA) is 55.8 Å². The number of halogens is 1. The Morgan fingerprint density at radius 3 is 3.06 bits per heavy atom. The lowest BCUT2D eigenvalue weighted by Gasteiger charge is -2.20. The molecule has 0 saturated heterocycles. The van der Waals surface area contributed by atoms with E-state index in [9.17, 15) is 9.18 Å². The molecule has 5 heteroatoms. The van der Waals surface area contributed by atoms with E-state index in [2.05, 4.69) is 0 Å². The average Bonchev–Trinajstić information content (AvgIpc) is 2.27. The molecular weight excluding hydrogens is 215 g/mol. The Bertz CT molecular complexity index is 417. The van der Waals surface area contributed by atoms with Gasteiger partial charge in [0, 0.05) is 12.0 Å². The summed E-state index contributed by atoms with van der Waals surface area (Å²) in [4.78, 5) is 10.5. The van der Waals surface area contributed by atoms with Crippen molar-refractivity contribution in [3.05, 3.63) is 29.1 Å². The van der Waals surface area contributed by atoms with E-state index in [1.165, 1.54) is 12.1 Å². The first kappa shape index (κ1) is 10.9. The Hall–Kier alpha value is -1.62. The van der Waals surface area contributed by atoms with Gasteiger partial charge < -0.3 is 14.6 Å². The quantitative estimate of drug-likeness (QED) is 0.852. The van der Waals surface area contributed by atoms with Crippen LogP contribution in [0.3, 0.4) is 0 Å². The molecule has 16 heavy (non-hydrogen) atoms. The maximum Gasteiger partial charge on any atom is 0.303 e. The number of carboxylic acid groups (broad SMARTS) is 1. The molecule has 0 unspecified atom stereocenters. The monoisotopic (exact) mass is 226 g/mol. The number of hydrogen-bond acceptors (Lipinski definition) is 3. The second-order valence-corrected chi connectivity index (χ2v) is 3.51. The van der Waals surface area contributed by atoms with Gasteiger partial charge in [-0.3, -0.25) is 4.79 Å². The number of carbonyl (C=O) groups is 1. The molecule has 0 amide bonds. The minimum absolute atomic E-state index is 0.104. The number of carboxylic acids is 1. The van der Waals surface area contributed by atoms with Gasteiger partial charge in [-0.25, -0.2) is 4.39 Å². The van der Waals surface area contributed by atoms with Crippen molar-refractivity contribution in [1.82, 2.24) is 0 Å². The standard InChI is InChI=1S/C11H11FO4/c12-9-2-3-10-8(5-15-6-16-10)7(9)1-4-11(13)14/h2-3H,1,4-6H2,(H,13,14). The van der Waals surface area contributed by atoms with Gasteiger partial charge in [0.25, 0.3) is 0 Å². The first-order valence-electron chi connectivity index (χ1n) is 4.91. The molecule has 0 fully saturated rings.